The number of hydrogen-bond acceptors (Lipinski definition) is 3. The largest absolute Gasteiger partial charge is 0.459 e. The molecule has 0 bridgehead atoms. The van der Waals surface area contributed by atoms with Crippen molar-refractivity contribution in [3.05, 3.63) is 70.4 Å². The molecule has 3 nitrogen and oxygen atoms in total. The molecule has 1 fully saturated rings. The van der Waals surface area contributed by atoms with Crippen LogP contribution in [0.15, 0.2) is 59.0 Å². The van der Waals surface area contributed by atoms with E-state index in [0.29, 0.717) is 11.6 Å². The van der Waals surface area contributed by atoms with Crippen molar-refractivity contribution in [2.24, 2.45) is 0 Å². The minimum absolute atomic E-state index is 0.597. The molecular weight excluding hydrogens is 379 g/mol. The average molecular weight is 401 g/mol. The van der Waals surface area contributed by atoms with Crippen molar-refractivity contribution in [2.45, 2.75) is 25.8 Å². The molecular formula is C22H22Cl2N2O. The first-order valence-corrected chi connectivity index (χ1v) is 10.1. The first-order valence-electron chi connectivity index (χ1n) is 9.32. The topological polar surface area (TPSA) is 28.4 Å². The number of rotatable bonds is 5. The molecule has 4 rings (SSSR count). The lowest BCUT2D eigenvalue weighted by Gasteiger charge is -2.29. The lowest BCUT2D eigenvalue weighted by Crippen LogP contribution is -2.29. The SMILES string of the molecule is Clc1cccc(-c2ccc(CNc3ccc(N4CCCCC4)c(Cl)c3)o2)c1. The van der Waals surface area contributed by atoms with Gasteiger partial charge in [0.2, 0.25) is 0 Å². The van der Waals surface area contributed by atoms with Gasteiger partial charge >= 0.3 is 0 Å². The Morgan fingerprint density at radius 2 is 1.78 bits per heavy atom. The predicted molar refractivity (Wildman–Crippen MR) is 114 cm³/mol. The molecule has 2 heterocycles. The Morgan fingerprint density at radius 3 is 2.56 bits per heavy atom. The second kappa shape index (κ2) is 8.28. The van der Waals surface area contributed by atoms with Crippen molar-refractivity contribution in [3.63, 3.8) is 0 Å². The monoisotopic (exact) mass is 400 g/mol. The summed E-state index contributed by atoms with van der Waals surface area (Å²) in [6.07, 6.45) is 3.79. The van der Waals surface area contributed by atoms with Gasteiger partial charge in [0.1, 0.15) is 11.5 Å². The smallest absolute Gasteiger partial charge is 0.134 e. The van der Waals surface area contributed by atoms with E-state index in [2.05, 4.69) is 22.3 Å². The predicted octanol–water partition coefficient (Wildman–Crippen LogP) is 6.86. The molecule has 0 spiro atoms. The molecule has 0 saturated carbocycles. The molecule has 0 radical (unpaired) electrons. The number of halogens is 2. The zero-order valence-electron chi connectivity index (χ0n) is 15.1. The van der Waals surface area contributed by atoms with Crippen molar-refractivity contribution in [1.29, 1.82) is 0 Å². The zero-order chi connectivity index (χ0) is 18.6. The third kappa shape index (κ3) is 4.42. The molecule has 1 aliphatic heterocycles. The molecule has 0 amide bonds. The average Bonchev–Trinajstić information content (AvgIpc) is 3.16. The van der Waals surface area contributed by atoms with Gasteiger partial charge in [0.05, 0.1) is 17.3 Å². The number of piperidine rings is 1. The van der Waals surface area contributed by atoms with Gasteiger partial charge in [0, 0.05) is 29.4 Å². The zero-order valence-corrected chi connectivity index (χ0v) is 16.6. The van der Waals surface area contributed by atoms with E-state index >= 15 is 0 Å². The normalized spacial score (nSPS) is 14.4. The second-order valence-corrected chi connectivity index (χ2v) is 7.69. The van der Waals surface area contributed by atoms with Gasteiger partial charge in [-0.25, -0.2) is 0 Å². The molecule has 0 atom stereocenters. The summed E-state index contributed by atoms with van der Waals surface area (Å²) in [5, 5.41) is 4.88. The van der Waals surface area contributed by atoms with E-state index < -0.39 is 0 Å². The van der Waals surface area contributed by atoms with Crippen molar-refractivity contribution in [3.8, 4) is 11.3 Å². The highest BCUT2D eigenvalue weighted by molar-refractivity contribution is 6.33. The van der Waals surface area contributed by atoms with Crippen molar-refractivity contribution in [1.82, 2.24) is 0 Å². The van der Waals surface area contributed by atoms with Gasteiger partial charge < -0.3 is 14.6 Å². The fourth-order valence-corrected chi connectivity index (χ4v) is 3.96. The Kier molecular flexibility index (Phi) is 5.61. The van der Waals surface area contributed by atoms with Gasteiger partial charge in [0.15, 0.2) is 0 Å². The van der Waals surface area contributed by atoms with Gasteiger partial charge in [-0.2, -0.15) is 0 Å². The number of nitrogens with zero attached hydrogens (tertiary/aromatic N) is 1. The fraction of sp³-hybridized carbons (Fsp3) is 0.273. The van der Waals surface area contributed by atoms with Crippen LogP contribution in [-0.2, 0) is 6.54 Å². The van der Waals surface area contributed by atoms with Gasteiger partial charge in [0.25, 0.3) is 0 Å². The maximum absolute atomic E-state index is 6.53. The van der Waals surface area contributed by atoms with E-state index in [4.69, 9.17) is 27.6 Å². The number of furan rings is 1. The van der Waals surface area contributed by atoms with E-state index in [0.717, 1.165) is 46.6 Å². The van der Waals surface area contributed by atoms with E-state index in [1.807, 2.05) is 42.5 Å². The van der Waals surface area contributed by atoms with Crippen LogP contribution in [0.5, 0.6) is 0 Å². The van der Waals surface area contributed by atoms with Gasteiger partial charge in [-0.3, -0.25) is 0 Å². The van der Waals surface area contributed by atoms with Gasteiger partial charge in [-0.15, -0.1) is 0 Å². The molecule has 0 unspecified atom stereocenters. The Morgan fingerprint density at radius 1 is 0.926 bits per heavy atom. The maximum Gasteiger partial charge on any atom is 0.134 e. The van der Waals surface area contributed by atoms with Gasteiger partial charge in [-0.1, -0.05) is 35.3 Å². The number of anilines is 2. The minimum Gasteiger partial charge on any atom is -0.459 e. The summed E-state index contributed by atoms with van der Waals surface area (Å²) >= 11 is 12.6. The molecule has 2 aromatic carbocycles. The van der Waals surface area contributed by atoms with Crippen LogP contribution in [0.25, 0.3) is 11.3 Å². The molecule has 1 aromatic heterocycles. The maximum atomic E-state index is 6.53. The first-order chi connectivity index (χ1) is 13.2. The molecule has 27 heavy (non-hydrogen) atoms. The first kappa shape index (κ1) is 18.3. The second-order valence-electron chi connectivity index (χ2n) is 6.84. The quantitative estimate of drug-likeness (QED) is 0.507. The summed E-state index contributed by atoms with van der Waals surface area (Å²) in [7, 11) is 0. The number of nitrogens with one attached hydrogen (secondary N) is 1. The minimum atomic E-state index is 0.597. The lowest BCUT2D eigenvalue weighted by molar-refractivity contribution is 0.531. The summed E-state index contributed by atoms with van der Waals surface area (Å²) in [6.45, 7) is 2.77. The summed E-state index contributed by atoms with van der Waals surface area (Å²) in [6, 6.07) is 17.8. The lowest BCUT2D eigenvalue weighted by atomic mass is 10.1. The standard InChI is InChI=1S/C22H22Cl2N2O/c23-17-6-4-5-16(13-17)22-10-8-19(27-22)15-25-18-7-9-21(20(24)14-18)26-11-2-1-3-12-26/h4-10,13-14,25H,1-3,11-12,15H2. The molecule has 0 aliphatic carbocycles. The Hall–Kier alpha value is -2.10. The van der Waals surface area contributed by atoms with Crippen molar-refractivity contribution >= 4 is 34.6 Å². The van der Waals surface area contributed by atoms with Crippen molar-refractivity contribution in [2.75, 3.05) is 23.3 Å². The Bertz CT molecular complexity index is 916. The number of benzene rings is 2. The fourth-order valence-electron chi connectivity index (χ4n) is 3.47. The molecule has 1 saturated heterocycles. The van der Waals surface area contributed by atoms with Crippen LogP contribution < -0.4 is 10.2 Å². The summed E-state index contributed by atoms with van der Waals surface area (Å²) in [5.41, 5.74) is 3.09. The molecule has 5 heteroatoms. The van der Waals surface area contributed by atoms with Crippen LogP contribution in [0.3, 0.4) is 0 Å². The van der Waals surface area contributed by atoms with Crippen LogP contribution in [-0.4, -0.2) is 13.1 Å². The Labute approximate surface area is 169 Å². The highest BCUT2D eigenvalue weighted by atomic mass is 35.5. The van der Waals surface area contributed by atoms with Crippen LogP contribution in [0.1, 0.15) is 25.0 Å². The summed E-state index contributed by atoms with van der Waals surface area (Å²) < 4.78 is 5.93. The van der Waals surface area contributed by atoms with Crippen LogP contribution in [0.2, 0.25) is 10.0 Å². The summed E-state index contributed by atoms with van der Waals surface area (Å²) in [5.74, 6) is 1.67. The van der Waals surface area contributed by atoms with Crippen LogP contribution in [0.4, 0.5) is 11.4 Å². The van der Waals surface area contributed by atoms with E-state index in [1.165, 1.54) is 19.3 Å². The molecule has 3 aromatic rings. The third-order valence-corrected chi connectivity index (χ3v) is 5.42. The van der Waals surface area contributed by atoms with Crippen LogP contribution in [0, 0.1) is 0 Å². The van der Waals surface area contributed by atoms with E-state index in [-0.39, 0.29) is 0 Å². The van der Waals surface area contributed by atoms with E-state index in [1.54, 1.807) is 0 Å². The molecule has 1 N–H and O–H groups in total. The number of hydrogen-bond donors (Lipinski definition) is 1. The molecule has 140 valence electrons. The highest BCUT2D eigenvalue weighted by Crippen LogP contribution is 2.31. The van der Waals surface area contributed by atoms with Crippen molar-refractivity contribution < 1.29 is 4.42 Å². The van der Waals surface area contributed by atoms with Gasteiger partial charge in [-0.05, 0) is 61.7 Å². The van der Waals surface area contributed by atoms with Crippen LogP contribution >= 0.6 is 23.2 Å². The molecule has 1 aliphatic rings. The Balaban J connectivity index is 1.41. The summed E-state index contributed by atoms with van der Waals surface area (Å²) in [4.78, 5) is 2.37. The highest BCUT2D eigenvalue weighted by Gasteiger charge is 2.14. The van der Waals surface area contributed by atoms with E-state index in [9.17, 15) is 0 Å². The third-order valence-electron chi connectivity index (χ3n) is 4.88.